The number of ether oxygens (including phenoxy) is 2. The third kappa shape index (κ3) is 4.42. The standard InChI is InChI=1S/C17H26FNO2/c1-3-8-19-13-17(6-9-21-10-7-17)12-14-4-5-16(20-2)15(18)11-14/h4-5,11,19H,3,6-10,12-13H2,1-2H3. The van der Waals surface area contributed by atoms with Crippen molar-refractivity contribution in [2.24, 2.45) is 5.41 Å². The van der Waals surface area contributed by atoms with Crippen LogP contribution in [0.1, 0.15) is 31.7 Å². The zero-order valence-corrected chi connectivity index (χ0v) is 13.1. The van der Waals surface area contributed by atoms with E-state index in [2.05, 4.69) is 12.2 Å². The molecule has 0 aliphatic carbocycles. The Hall–Kier alpha value is -1.13. The van der Waals surface area contributed by atoms with Gasteiger partial charge in [-0.1, -0.05) is 13.0 Å². The molecular formula is C17H26FNO2. The molecule has 4 heteroatoms. The summed E-state index contributed by atoms with van der Waals surface area (Å²) in [7, 11) is 1.49. The highest BCUT2D eigenvalue weighted by molar-refractivity contribution is 5.30. The molecule has 0 spiro atoms. The number of halogens is 1. The number of hydrogen-bond donors (Lipinski definition) is 1. The summed E-state index contributed by atoms with van der Waals surface area (Å²) in [6, 6.07) is 5.30. The fourth-order valence-corrected chi connectivity index (χ4v) is 3.00. The summed E-state index contributed by atoms with van der Waals surface area (Å²) in [6.45, 7) is 5.76. The van der Waals surface area contributed by atoms with Crippen molar-refractivity contribution in [3.63, 3.8) is 0 Å². The van der Waals surface area contributed by atoms with Crippen molar-refractivity contribution in [2.45, 2.75) is 32.6 Å². The molecule has 0 bridgehead atoms. The van der Waals surface area contributed by atoms with Crippen LogP contribution in [-0.4, -0.2) is 33.4 Å². The maximum atomic E-state index is 13.9. The average Bonchev–Trinajstić information content (AvgIpc) is 2.49. The van der Waals surface area contributed by atoms with Crippen LogP contribution in [0.25, 0.3) is 0 Å². The molecule has 118 valence electrons. The van der Waals surface area contributed by atoms with Crippen molar-refractivity contribution < 1.29 is 13.9 Å². The van der Waals surface area contributed by atoms with Gasteiger partial charge < -0.3 is 14.8 Å². The van der Waals surface area contributed by atoms with Crippen molar-refractivity contribution in [3.05, 3.63) is 29.6 Å². The Morgan fingerprint density at radius 2 is 2.10 bits per heavy atom. The van der Waals surface area contributed by atoms with E-state index in [9.17, 15) is 4.39 Å². The first-order valence-electron chi connectivity index (χ1n) is 7.80. The molecule has 0 atom stereocenters. The Kier molecular flexibility index (Phi) is 6.00. The van der Waals surface area contributed by atoms with Gasteiger partial charge >= 0.3 is 0 Å². The monoisotopic (exact) mass is 295 g/mol. The van der Waals surface area contributed by atoms with Crippen LogP contribution in [0.4, 0.5) is 4.39 Å². The van der Waals surface area contributed by atoms with Crippen LogP contribution in [0.2, 0.25) is 0 Å². The quantitative estimate of drug-likeness (QED) is 0.784. The lowest BCUT2D eigenvalue weighted by Gasteiger charge is -2.38. The lowest BCUT2D eigenvalue weighted by molar-refractivity contribution is 0.0150. The van der Waals surface area contributed by atoms with Gasteiger partial charge in [-0.05, 0) is 55.3 Å². The Morgan fingerprint density at radius 1 is 1.33 bits per heavy atom. The second kappa shape index (κ2) is 7.76. The molecule has 1 saturated heterocycles. The van der Waals surface area contributed by atoms with E-state index in [-0.39, 0.29) is 11.2 Å². The molecule has 1 aromatic carbocycles. The SMILES string of the molecule is CCCNCC1(Cc2ccc(OC)c(F)c2)CCOCC1. The van der Waals surface area contributed by atoms with Gasteiger partial charge in [0.2, 0.25) is 0 Å². The highest BCUT2D eigenvalue weighted by atomic mass is 19.1. The van der Waals surface area contributed by atoms with E-state index in [0.717, 1.165) is 57.6 Å². The van der Waals surface area contributed by atoms with E-state index in [1.807, 2.05) is 6.07 Å². The molecule has 0 aromatic heterocycles. The van der Waals surface area contributed by atoms with Gasteiger partial charge in [0, 0.05) is 19.8 Å². The zero-order valence-electron chi connectivity index (χ0n) is 13.1. The first kappa shape index (κ1) is 16.2. The lowest BCUT2D eigenvalue weighted by Crippen LogP contribution is -2.41. The van der Waals surface area contributed by atoms with Crippen LogP contribution >= 0.6 is 0 Å². The molecular weight excluding hydrogens is 269 g/mol. The summed E-state index contributed by atoms with van der Waals surface area (Å²) in [5, 5.41) is 3.53. The molecule has 1 aromatic rings. The van der Waals surface area contributed by atoms with Crippen LogP contribution < -0.4 is 10.1 Å². The Balaban J connectivity index is 2.08. The minimum Gasteiger partial charge on any atom is -0.494 e. The van der Waals surface area contributed by atoms with E-state index in [0.29, 0.717) is 5.75 Å². The number of nitrogens with one attached hydrogen (secondary N) is 1. The van der Waals surface area contributed by atoms with Gasteiger partial charge in [0.25, 0.3) is 0 Å². The molecule has 21 heavy (non-hydrogen) atoms. The van der Waals surface area contributed by atoms with Gasteiger partial charge in [0.1, 0.15) is 0 Å². The topological polar surface area (TPSA) is 30.5 Å². The zero-order chi connectivity index (χ0) is 15.1. The summed E-state index contributed by atoms with van der Waals surface area (Å²) in [6.07, 6.45) is 4.06. The molecule has 2 rings (SSSR count). The molecule has 1 aliphatic rings. The third-order valence-corrected chi connectivity index (χ3v) is 4.28. The number of rotatable bonds is 7. The van der Waals surface area contributed by atoms with E-state index in [4.69, 9.17) is 9.47 Å². The molecule has 1 fully saturated rings. The summed E-state index contributed by atoms with van der Waals surface area (Å²) >= 11 is 0. The van der Waals surface area contributed by atoms with Crippen LogP contribution in [0.5, 0.6) is 5.75 Å². The molecule has 1 heterocycles. The van der Waals surface area contributed by atoms with Gasteiger partial charge in [-0.2, -0.15) is 0 Å². The minimum absolute atomic E-state index is 0.175. The van der Waals surface area contributed by atoms with E-state index in [1.165, 1.54) is 7.11 Å². The fraction of sp³-hybridized carbons (Fsp3) is 0.647. The first-order valence-corrected chi connectivity index (χ1v) is 7.80. The van der Waals surface area contributed by atoms with Crippen LogP contribution in [-0.2, 0) is 11.2 Å². The second-order valence-corrected chi connectivity index (χ2v) is 5.93. The van der Waals surface area contributed by atoms with Crippen molar-refractivity contribution in [1.29, 1.82) is 0 Å². The number of methoxy groups -OCH3 is 1. The number of hydrogen-bond acceptors (Lipinski definition) is 3. The van der Waals surface area contributed by atoms with E-state index >= 15 is 0 Å². The Labute approximate surface area is 126 Å². The van der Waals surface area contributed by atoms with Crippen LogP contribution in [0, 0.1) is 11.2 Å². The third-order valence-electron chi connectivity index (χ3n) is 4.28. The van der Waals surface area contributed by atoms with Gasteiger partial charge in [0.15, 0.2) is 11.6 Å². The van der Waals surface area contributed by atoms with Crippen molar-refractivity contribution in [2.75, 3.05) is 33.4 Å². The maximum absolute atomic E-state index is 13.9. The molecule has 0 radical (unpaired) electrons. The van der Waals surface area contributed by atoms with Gasteiger partial charge in [-0.15, -0.1) is 0 Å². The molecule has 1 N–H and O–H groups in total. The van der Waals surface area contributed by atoms with Crippen LogP contribution in [0.3, 0.4) is 0 Å². The summed E-state index contributed by atoms with van der Waals surface area (Å²) in [5.41, 5.74) is 1.21. The normalized spacial score (nSPS) is 17.7. The molecule has 1 aliphatic heterocycles. The highest BCUT2D eigenvalue weighted by Crippen LogP contribution is 2.34. The predicted molar refractivity (Wildman–Crippen MR) is 82.3 cm³/mol. The van der Waals surface area contributed by atoms with E-state index < -0.39 is 0 Å². The lowest BCUT2D eigenvalue weighted by atomic mass is 9.75. The predicted octanol–water partition coefficient (Wildman–Crippen LogP) is 3.17. The minimum atomic E-state index is -0.279. The molecule has 3 nitrogen and oxygen atoms in total. The summed E-state index contributed by atoms with van der Waals surface area (Å²) in [5.74, 6) is 0.0302. The average molecular weight is 295 g/mol. The van der Waals surface area contributed by atoms with Gasteiger partial charge in [-0.3, -0.25) is 0 Å². The van der Waals surface area contributed by atoms with E-state index in [1.54, 1.807) is 12.1 Å². The summed E-state index contributed by atoms with van der Waals surface area (Å²) < 4.78 is 24.4. The summed E-state index contributed by atoms with van der Waals surface area (Å²) in [4.78, 5) is 0. The first-order chi connectivity index (χ1) is 10.2. The Bertz CT molecular complexity index is 444. The second-order valence-electron chi connectivity index (χ2n) is 5.93. The fourth-order valence-electron chi connectivity index (χ4n) is 3.00. The Morgan fingerprint density at radius 3 is 2.71 bits per heavy atom. The van der Waals surface area contributed by atoms with Crippen molar-refractivity contribution in [1.82, 2.24) is 5.32 Å². The molecule has 0 saturated carbocycles. The van der Waals surface area contributed by atoms with Crippen molar-refractivity contribution >= 4 is 0 Å². The smallest absolute Gasteiger partial charge is 0.165 e. The molecule has 0 amide bonds. The largest absolute Gasteiger partial charge is 0.494 e. The van der Waals surface area contributed by atoms with Crippen LogP contribution in [0.15, 0.2) is 18.2 Å². The number of benzene rings is 1. The van der Waals surface area contributed by atoms with Gasteiger partial charge in [-0.25, -0.2) is 4.39 Å². The molecule has 0 unspecified atom stereocenters. The maximum Gasteiger partial charge on any atom is 0.165 e. The van der Waals surface area contributed by atoms with Crippen molar-refractivity contribution in [3.8, 4) is 5.75 Å². The highest BCUT2D eigenvalue weighted by Gasteiger charge is 2.32. The van der Waals surface area contributed by atoms with Gasteiger partial charge in [0.05, 0.1) is 7.11 Å².